The van der Waals surface area contributed by atoms with Gasteiger partial charge in [-0.15, -0.1) is 0 Å². The van der Waals surface area contributed by atoms with E-state index in [4.69, 9.17) is 4.74 Å². The van der Waals surface area contributed by atoms with Crippen molar-refractivity contribution in [1.29, 1.82) is 0 Å². The van der Waals surface area contributed by atoms with Crippen LogP contribution >= 0.6 is 0 Å². The van der Waals surface area contributed by atoms with Crippen LogP contribution in [0.5, 0.6) is 5.75 Å². The Labute approximate surface area is 122 Å². The molecule has 4 nitrogen and oxygen atoms in total. The maximum atomic E-state index is 10.1. The number of benzene rings is 1. The Balaban J connectivity index is 1.69. The Morgan fingerprint density at radius 1 is 1.20 bits per heavy atom. The van der Waals surface area contributed by atoms with Gasteiger partial charge in [0.2, 0.25) is 0 Å². The van der Waals surface area contributed by atoms with Gasteiger partial charge < -0.3 is 14.7 Å². The van der Waals surface area contributed by atoms with E-state index in [9.17, 15) is 5.11 Å². The number of aliphatic hydroxyl groups is 1. The number of ether oxygens (including phenoxy) is 1. The van der Waals surface area contributed by atoms with E-state index >= 15 is 0 Å². The van der Waals surface area contributed by atoms with Gasteiger partial charge in [-0.05, 0) is 31.2 Å². The van der Waals surface area contributed by atoms with Crippen LogP contribution in [0.2, 0.25) is 0 Å². The number of rotatable bonds is 6. The Bertz CT molecular complexity index is 403. The smallest absolute Gasteiger partial charge is 0.119 e. The van der Waals surface area contributed by atoms with Crippen LogP contribution in [-0.2, 0) is 0 Å². The van der Waals surface area contributed by atoms with Gasteiger partial charge in [-0.2, -0.15) is 0 Å². The van der Waals surface area contributed by atoms with E-state index < -0.39 is 6.10 Å². The molecule has 1 heterocycles. The first-order valence-electron chi connectivity index (χ1n) is 7.49. The molecule has 0 aromatic heterocycles. The third-order valence-electron chi connectivity index (χ3n) is 3.81. The fourth-order valence-corrected chi connectivity index (χ4v) is 2.54. The summed E-state index contributed by atoms with van der Waals surface area (Å²) in [4.78, 5) is 4.75. The van der Waals surface area contributed by atoms with Gasteiger partial charge in [0.25, 0.3) is 0 Å². The van der Waals surface area contributed by atoms with E-state index in [-0.39, 0.29) is 0 Å². The number of hydrogen-bond acceptors (Lipinski definition) is 4. The summed E-state index contributed by atoms with van der Waals surface area (Å²) in [6, 6.07) is 7.93. The number of hydrogen-bond donors (Lipinski definition) is 1. The molecular weight excluding hydrogens is 252 g/mol. The van der Waals surface area contributed by atoms with Crippen LogP contribution in [0.4, 0.5) is 0 Å². The molecule has 0 radical (unpaired) electrons. The topological polar surface area (TPSA) is 35.9 Å². The Hall–Kier alpha value is -1.10. The first-order valence-corrected chi connectivity index (χ1v) is 7.49. The highest BCUT2D eigenvalue weighted by atomic mass is 16.5. The molecule has 20 heavy (non-hydrogen) atoms. The molecule has 112 valence electrons. The molecule has 0 aliphatic carbocycles. The van der Waals surface area contributed by atoms with Crippen molar-refractivity contribution in [3.8, 4) is 5.75 Å². The minimum atomic E-state index is -0.427. The second-order valence-corrected chi connectivity index (χ2v) is 5.52. The van der Waals surface area contributed by atoms with Crippen molar-refractivity contribution in [2.24, 2.45) is 0 Å². The number of aryl methyl sites for hydroxylation is 1. The summed E-state index contributed by atoms with van der Waals surface area (Å²) < 4.78 is 5.65. The lowest BCUT2D eigenvalue weighted by Crippen LogP contribution is -2.49. The highest BCUT2D eigenvalue weighted by Gasteiger charge is 2.18. The van der Waals surface area contributed by atoms with E-state index in [0.717, 1.165) is 38.5 Å². The summed E-state index contributed by atoms with van der Waals surface area (Å²) in [5.41, 5.74) is 1.17. The van der Waals surface area contributed by atoms with Crippen LogP contribution < -0.4 is 4.74 Å². The van der Waals surface area contributed by atoms with Crippen molar-refractivity contribution >= 4 is 0 Å². The zero-order valence-corrected chi connectivity index (χ0v) is 12.6. The molecule has 0 unspecified atom stereocenters. The van der Waals surface area contributed by atoms with E-state index in [1.165, 1.54) is 5.56 Å². The van der Waals surface area contributed by atoms with Gasteiger partial charge in [-0.1, -0.05) is 19.1 Å². The van der Waals surface area contributed by atoms with Gasteiger partial charge in [-0.3, -0.25) is 4.90 Å². The normalized spacial score (nSPS) is 18.9. The monoisotopic (exact) mass is 278 g/mol. The molecule has 1 aliphatic heterocycles. The van der Waals surface area contributed by atoms with Crippen molar-refractivity contribution in [2.45, 2.75) is 20.0 Å². The SMILES string of the molecule is CCN1CCN(C[C@H](O)COc2cccc(C)c2)CC1. The first-order chi connectivity index (χ1) is 9.67. The minimum Gasteiger partial charge on any atom is -0.491 e. The molecular formula is C16H26N2O2. The molecule has 0 spiro atoms. The number of likely N-dealkylation sites (N-methyl/N-ethyl adjacent to an activating group) is 1. The molecule has 1 fully saturated rings. The second kappa shape index (κ2) is 7.62. The second-order valence-electron chi connectivity index (χ2n) is 5.52. The molecule has 1 atom stereocenters. The molecule has 2 rings (SSSR count). The van der Waals surface area contributed by atoms with Gasteiger partial charge in [0, 0.05) is 32.7 Å². The molecule has 1 N–H and O–H groups in total. The standard InChI is InChI=1S/C16H26N2O2/c1-3-17-7-9-18(10-8-17)12-15(19)13-20-16-6-4-5-14(2)11-16/h4-6,11,15,19H,3,7-10,12-13H2,1-2H3/t15-/m0/s1. The molecule has 1 aromatic carbocycles. The van der Waals surface area contributed by atoms with Crippen molar-refractivity contribution in [1.82, 2.24) is 9.80 Å². The van der Waals surface area contributed by atoms with Crippen molar-refractivity contribution < 1.29 is 9.84 Å². The van der Waals surface area contributed by atoms with Gasteiger partial charge in [-0.25, -0.2) is 0 Å². The summed E-state index contributed by atoms with van der Waals surface area (Å²) in [6.07, 6.45) is -0.427. The predicted molar refractivity (Wildman–Crippen MR) is 81.2 cm³/mol. The summed E-state index contributed by atoms with van der Waals surface area (Å²) in [6.45, 7) is 10.7. The van der Waals surface area contributed by atoms with Crippen molar-refractivity contribution in [3.63, 3.8) is 0 Å². The zero-order chi connectivity index (χ0) is 14.4. The van der Waals surface area contributed by atoms with E-state index in [2.05, 4.69) is 16.7 Å². The van der Waals surface area contributed by atoms with Crippen molar-refractivity contribution in [3.05, 3.63) is 29.8 Å². The highest BCUT2D eigenvalue weighted by Crippen LogP contribution is 2.12. The van der Waals surface area contributed by atoms with Gasteiger partial charge >= 0.3 is 0 Å². The number of β-amino-alcohol motifs (C(OH)–C–C–N with tert-alkyl or cyclic N) is 1. The molecule has 1 saturated heterocycles. The lowest BCUT2D eigenvalue weighted by Gasteiger charge is -2.34. The third-order valence-corrected chi connectivity index (χ3v) is 3.81. The maximum absolute atomic E-state index is 10.1. The van der Waals surface area contributed by atoms with Crippen molar-refractivity contribution in [2.75, 3.05) is 45.9 Å². The fraction of sp³-hybridized carbons (Fsp3) is 0.625. The molecule has 0 bridgehead atoms. The van der Waals surface area contributed by atoms with Gasteiger partial charge in [0.15, 0.2) is 0 Å². The number of aliphatic hydroxyl groups excluding tert-OH is 1. The van der Waals surface area contributed by atoms with Crippen LogP contribution in [0.1, 0.15) is 12.5 Å². The average Bonchev–Trinajstić information content (AvgIpc) is 2.46. The molecule has 0 saturated carbocycles. The quantitative estimate of drug-likeness (QED) is 0.852. The lowest BCUT2D eigenvalue weighted by atomic mass is 10.2. The van der Waals surface area contributed by atoms with Crippen LogP contribution in [0.25, 0.3) is 0 Å². The van der Waals surface area contributed by atoms with E-state index in [1.807, 2.05) is 31.2 Å². The van der Waals surface area contributed by atoms with Crippen LogP contribution in [0, 0.1) is 6.92 Å². The Morgan fingerprint density at radius 3 is 2.55 bits per heavy atom. The summed E-state index contributed by atoms with van der Waals surface area (Å²) in [5, 5.41) is 10.1. The third kappa shape index (κ3) is 4.78. The van der Waals surface area contributed by atoms with E-state index in [1.54, 1.807) is 0 Å². The zero-order valence-electron chi connectivity index (χ0n) is 12.6. The summed E-state index contributed by atoms with van der Waals surface area (Å²) in [5.74, 6) is 0.833. The highest BCUT2D eigenvalue weighted by molar-refractivity contribution is 5.27. The largest absolute Gasteiger partial charge is 0.491 e. The van der Waals surface area contributed by atoms with Crippen LogP contribution in [0.15, 0.2) is 24.3 Å². The molecule has 4 heteroatoms. The minimum absolute atomic E-state index is 0.359. The Morgan fingerprint density at radius 2 is 1.90 bits per heavy atom. The van der Waals surface area contributed by atoms with Crippen LogP contribution in [-0.4, -0.2) is 66.9 Å². The summed E-state index contributed by atoms with van der Waals surface area (Å²) >= 11 is 0. The van der Waals surface area contributed by atoms with Crippen LogP contribution in [0.3, 0.4) is 0 Å². The molecule has 0 amide bonds. The molecule has 1 aliphatic rings. The molecule has 1 aromatic rings. The Kier molecular flexibility index (Phi) is 5.83. The summed E-state index contributed by atoms with van der Waals surface area (Å²) in [7, 11) is 0. The predicted octanol–water partition coefficient (Wildman–Crippen LogP) is 1.37. The van der Waals surface area contributed by atoms with Gasteiger partial charge in [0.05, 0.1) is 0 Å². The first kappa shape index (κ1) is 15.3. The average molecular weight is 278 g/mol. The van der Waals surface area contributed by atoms with E-state index in [0.29, 0.717) is 13.2 Å². The number of piperazine rings is 1. The fourth-order valence-electron chi connectivity index (χ4n) is 2.54. The maximum Gasteiger partial charge on any atom is 0.119 e. The number of nitrogens with zero attached hydrogens (tertiary/aromatic N) is 2. The van der Waals surface area contributed by atoms with Gasteiger partial charge in [0.1, 0.15) is 18.5 Å². The lowest BCUT2D eigenvalue weighted by molar-refractivity contribution is 0.0471.